The van der Waals surface area contributed by atoms with Crippen molar-refractivity contribution < 1.29 is 32.2 Å². The van der Waals surface area contributed by atoms with E-state index in [2.05, 4.69) is 39.0 Å². The molecule has 2 aromatic heterocycles. The standard InChI is InChI=1S/C31H31Cl2F3N6O4/c1-18(14-30(2,3)41(4)5)16-45-28(44)22-13-24(33)23(32)12-21(22)26(43)39-25-15-38-29(42-10-9-37-17-42)40-27(25)46-20-8-6-7-19(11-20)31(34,35)36/h6-13,15,17-18H,14,16H2,1-5H3,(H,39,43). The Morgan fingerprint density at radius 1 is 1.09 bits per heavy atom. The van der Waals surface area contributed by atoms with Gasteiger partial charge in [-0.05, 0) is 70.6 Å². The summed E-state index contributed by atoms with van der Waals surface area (Å²) < 4.78 is 52.8. The number of imidazole rings is 1. The molecule has 0 radical (unpaired) electrons. The monoisotopic (exact) mass is 678 g/mol. The Kier molecular flexibility index (Phi) is 10.6. The molecule has 0 saturated heterocycles. The van der Waals surface area contributed by atoms with Gasteiger partial charge in [0.05, 0.1) is 39.5 Å². The molecule has 0 fully saturated rings. The normalized spacial score (nSPS) is 12.6. The summed E-state index contributed by atoms with van der Waals surface area (Å²) in [5, 5.41) is 2.58. The molecular weight excluding hydrogens is 648 g/mol. The van der Waals surface area contributed by atoms with E-state index in [1.165, 1.54) is 53.8 Å². The van der Waals surface area contributed by atoms with Gasteiger partial charge in [-0.15, -0.1) is 0 Å². The van der Waals surface area contributed by atoms with Gasteiger partial charge in [0, 0.05) is 17.9 Å². The van der Waals surface area contributed by atoms with E-state index < -0.39 is 23.6 Å². The highest BCUT2D eigenvalue weighted by atomic mass is 35.5. The van der Waals surface area contributed by atoms with Gasteiger partial charge in [-0.1, -0.05) is 36.2 Å². The van der Waals surface area contributed by atoms with E-state index in [-0.39, 0.29) is 62.5 Å². The van der Waals surface area contributed by atoms with Crippen molar-refractivity contribution in [3.05, 3.63) is 88.1 Å². The van der Waals surface area contributed by atoms with Crippen LogP contribution in [0.15, 0.2) is 61.3 Å². The lowest BCUT2D eigenvalue weighted by molar-refractivity contribution is -0.137. The molecule has 0 aliphatic rings. The zero-order valence-electron chi connectivity index (χ0n) is 25.5. The second kappa shape index (κ2) is 14.1. The van der Waals surface area contributed by atoms with Crippen LogP contribution in [0.2, 0.25) is 10.0 Å². The molecule has 2 aromatic carbocycles. The summed E-state index contributed by atoms with van der Waals surface area (Å²) in [7, 11) is 3.93. The maximum absolute atomic E-state index is 13.6. The summed E-state index contributed by atoms with van der Waals surface area (Å²) in [6.07, 6.45) is 1.72. The number of ether oxygens (including phenoxy) is 2. The lowest BCUT2D eigenvalue weighted by Gasteiger charge is -2.34. The third-order valence-corrected chi connectivity index (χ3v) is 7.91. The average molecular weight is 680 g/mol. The summed E-state index contributed by atoms with van der Waals surface area (Å²) >= 11 is 12.4. The molecule has 15 heteroatoms. The Morgan fingerprint density at radius 2 is 1.78 bits per heavy atom. The number of carbonyl (C=O) groups excluding carboxylic acids is 2. The van der Waals surface area contributed by atoms with Crippen molar-refractivity contribution in [2.24, 2.45) is 5.92 Å². The van der Waals surface area contributed by atoms with E-state index in [1.54, 1.807) is 0 Å². The van der Waals surface area contributed by atoms with Crippen molar-refractivity contribution in [2.45, 2.75) is 38.9 Å². The van der Waals surface area contributed by atoms with Gasteiger partial charge in [-0.25, -0.2) is 14.8 Å². The first-order chi connectivity index (χ1) is 21.5. The molecule has 0 saturated carbocycles. The predicted molar refractivity (Wildman–Crippen MR) is 167 cm³/mol. The van der Waals surface area contributed by atoms with E-state index in [9.17, 15) is 22.8 Å². The quantitative estimate of drug-likeness (QED) is 0.162. The minimum absolute atomic E-state index is 0.00314. The van der Waals surface area contributed by atoms with Crippen molar-refractivity contribution in [1.29, 1.82) is 0 Å². The fourth-order valence-electron chi connectivity index (χ4n) is 4.35. The van der Waals surface area contributed by atoms with Crippen LogP contribution in [0.1, 0.15) is 53.5 Å². The Morgan fingerprint density at radius 3 is 2.41 bits per heavy atom. The number of rotatable bonds is 11. The Balaban J connectivity index is 1.63. The lowest BCUT2D eigenvalue weighted by Crippen LogP contribution is -2.40. The topological polar surface area (TPSA) is 111 Å². The molecule has 244 valence electrons. The van der Waals surface area contributed by atoms with Gasteiger partial charge in [0.25, 0.3) is 5.91 Å². The third-order valence-electron chi connectivity index (χ3n) is 7.18. The highest BCUT2D eigenvalue weighted by Crippen LogP contribution is 2.35. The van der Waals surface area contributed by atoms with Gasteiger partial charge >= 0.3 is 12.1 Å². The first kappa shape index (κ1) is 34.7. The van der Waals surface area contributed by atoms with E-state index >= 15 is 0 Å². The first-order valence-electron chi connectivity index (χ1n) is 13.9. The summed E-state index contributed by atoms with van der Waals surface area (Å²) in [6.45, 7) is 6.17. The van der Waals surface area contributed by atoms with Gasteiger partial charge in [-0.3, -0.25) is 9.36 Å². The van der Waals surface area contributed by atoms with Crippen LogP contribution >= 0.6 is 23.2 Å². The number of anilines is 1. The summed E-state index contributed by atoms with van der Waals surface area (Å²) in [6, 6.07) is 6.59. The molecule has 0 aliphatic heterocycles. The number of benzene rings is 2. The van der Waals surface area contributed by atoms with Crippen LogP contribution in [0.4, 0.5) is 18.9 Å². The average Bonchev–Trinajstić information content (AvgIpc) is 3.52. The third kappa shape index (κ3) is 8.53. The van der Waals surface area contributed by atoms with Gasteiger partial charge in [0.2, 0.25) is 11.8 Å². The van der Waals surface area contributed by atoms with Gasteiger partial charge in [0.15, 0.2) is 0 Å². The number of alkyl halides is 3. The number of nitrogens with zero attached hydrogens (tertiary/aromatic N) is 5. The fourth-order valence-corrected chi connectivity index (χ4v) is 4.68. The summed E-state index contributed by atoms with van der Waals surface area (Å²) in [5.41, 5.74) is -1.54. The summed E-state index contributed by atoms with van der Waals surface area (Å²) in [5.74, 6) is -2.07. The Hall–Kier alpha value is -4.20. The smallest absolute Gasteiger partial charge is 0.416 e. The van der Waals surface area contributed by atoms with E-state index in [1.807, 2.05) is 21.0 Å². The van der Waals surface area contributed by atoms with Gasteiger partial charge < -0.3 is 19.7 Å². The molecule has 0 spiro atoms. The van der Waals surface area contributed by atoms with E-state index in [4.69, 9.17) is 32.7 Å². The number of halogens is 5. The molecule has 1 amide bonds. The number of amides is 1. The Bertz CT molecular complexity index is 1720. The van der Waals surface area contributed by atoms with Crippen LogP contribution in [0.5, 0.6) is 11.6 Å². The van der Waals surface area contributed by atoms with Crippen molar-refractivity contribution in [3.63, 3.8) is 0 Å². The Labute approximate surface area is 273 Å². The van der Waals surface area contributed by atoms with E-state index in [0.29, 0.717) is 0 Å². The maximum atomic E-state index is 13.6. The molecule has 46 heavy (non-hydrogen) atoms. The zero-order valence-corrected chi connectivity index (χ0v) is 27.0. The number of hydrogen-bond donors (Lipinski definition) is 1. The largest absolute Gasteiger partial charge is 0.462 e. The highest BCUT2D eigenvalue weighted by Gasteiger charge is 2.31. The lowest BCUT2D eigenvalue weighted by atomic mass is 9.91. The van der Waals surface area contributed by atoms with E-state index in [0.717, 1.165) is 18.6 Å². The van der Waals surface area contributed by atoms with Crippen molar-refractivity contribution in [3.8, 4) is 17.6 Å². The second-order valence-electron chi connectivity index (χ2n) is 11.4. The van der Waals surface area contributed by atoms with Crippen LogP contribution in [0.25, 0.3) is 5.95 Å². The number of aromatic nitrogens is 4. The zero-order chi connectivity index (χ0) is 33.8. The van der Waals surface area contributed by atoms with Gasteiger partial charge in [0.1, 0.15) is 17.8 Å². The number of carbonyl (C=O) groups is 2. The molecule has 0 aliphatic carbocycles. The maximum Gasteiger partial charge on any atom is 0.416 e. The molecular formula is C31H31Cl2F3N6O4. The molecule has 1 N–H and O–H groups in total. The number of esters is 1. The first-order valence-corrected chi connectivity index (χ1v) is 14.7. The minimum Gasteiger partial charge on any atom is -0.462 e. The van der Waals surface area contributed by atoms with Crippen molar-refractivity contribution >= 4 is 40.8 Å². The second-order valence-corrected chi connectivity index (χ2v) is 12.2. The molecule has 1 unspecified atom stereocenters. The van der Waals surface area contributed by atoms with Crippen molar-refractivity contribution in [2.75, 3.05) is 26.0 Å². The number of nitrogens with one attached hydrogen (secondary N) is 1. The van der Waals surface area contributed by atoms with Crippen LogP contribution in [-0.4, -0.2) is 62.5 Å². The molecule has 10 nitrogen and oxygen atoms in total. The SMILES string of the molecule is CC(COC(=O)c1cc(Cl)c(Cl)cc1C(=O)Nc1cnc(-n2ccnc2)nc1Oc1cccc(C(F)(F)F)c1)CC(C)(C)N(C)C. The van der Waals surface area contributed by atoms with Crippen LogP contribution in [-0.2, 0) is 10.9 Å². The molecule has 1 atom stereocenters. The molecule has 2 heterocycles. The summed E-state index contributed by atoms with van der Waals surface area (Å²) in [4.78, 5) is 41.3. The molecule has 4 rings (SSSR count). The minimum atomic E-state index is -4.62. The highest BCUT2D eigenvalue weighted by molar-refractivity contribution is 6.42. The van der Waals surface area contributed by atoms with Crippen LogP contribution in [0, 0.1) is 5.92 Å². The fraction of sp³-hybridized carbons (Fsp3) is 0.323. The van der Waals surface area contributed by atoms with Gasteiger partial charge in [-0.2, -0.15) is 18.2 Å². The number of hydrogen-bond acceptors (Lipinski definition) is 8. The predicted octanol–water partition coefficient (Wildman–Crippen LogP) is 7.56. The van der Waals surface area contributed by atoms with Crippen LogP contribution in [0.3, 0.4) is 0 Å². The van der Waals surface area contributed by atoms with Crippen molar-refractivity contribution in [1.82, 2.24) is 24.4 Å². The molecule has 4 aromatic rings. The van der Waals surface area contributed by atoms with Crippen LogP contribution < -0.4 is 10.1 Å². The molecule has 0 bridgehead atoms.